The molecule has 0 aliphatic heterocycles. The monoisotopic (exact) mass is 281 g/mol. The molecule has 20 heavy (non-hydrogen) atoms. The van der Waals surface area contributed by atoms with Crippen molar-refractivity contribution in [3.05, 3.63) is 35.1 Å². The number of amides is 1. The summed E-state index contributed by atoms with van der Waals surface area (Å²) in [6.07, 6.45) is 1.36. The lowest BCUT2D eigenvalue weighted by Crippen LogP contribution is -2.25. The Hall–Kier alpha value is -2.11. The second kappa shape index (κ2) is 7.47. The lowest BCUT2D eigenvalue weighted by molar-refractivity contribution is -0.122. The van der Waals surface area contributed by atoms with E-state index in [1.54, 1.807) is 0 Å². The highest BCUT2D eigenvalue weighted by atomic mass is 19.1. The van der Waals surface area contributed by atoms with Gasteiger partial charge in [0.05, 0.1) is 0 Å². The van der Waals surface area contributed by atoms with Gasteiger partial charge in [-0.2, -0.15) is 0 Å². The summed E-state index contributed by atoms with van der Waals surface area (Å²) in [6, 6.07) is 4.21. The SMILES string of the molecule is CCC(C)CC(=O)NCc1ccc(/C(N)=N/O)cc1F. The van der Waals surface area contributed by atoms with Gasteiger partial charge in [0, 0.05) is 24.1 Å². The summed E-state index contributed by atoms with van der Waals surface area (Å²) in [5, 5.41) is 14.0. The number of carbonyl (C=O) groups is 1. The van der Waals surface area contributed by atoms with Gasteiger partial charge in [-0.25, -0.2) is 4.39 Å². The number of nitrogens with zero attached hydrogens (tertiary/aromatic N) is 1. The van der Waals surface area contributed by atoms with Crippen LogP contribution >= 0.6 is 0 Å². The van der Waals surface area contributed by atoms with Crippen molar-refractivity contribution in [3.63, 3.8) is 0 Å². The predicted octanol–water partition coefficient (Wildman–Crippen LogP) is 1.97. The number of nitrogens with one attached hydrogen (secondary N) is 1. The number of halogens is 1. The van der Waals surface area contributed by atoms with Crippen LogP contribution in [-0.2, 0) is 11.3 Å². The maximum atomic E-state index is 13.8. The minimum Gasteiger partial charge on any atom is -0.409 e. The fourth-order valence-electron chi connectivity index (χ4n) is 1.63. The largest absolute Gasteiger partial charge is 0.409 e. The Kier molecular flexibility index (Phi) is 5.96. The highest BCUT2D eigenvalue weighted by Crippen LogP contribution is 2.11. The molecule has 110 valence electrons. The van der Waals surface area contributed by atoms with Gasteiger partial charge in [-0.15, -0.1) is 0 Å². The molecule has 0 aliphatic carbocycles. The molecule has 0 saturated carbocycles. The molecule has 0 aliphatic rings. The van der Waals surface area contributed by atoms with Crippen molar-refractivity contribution < 1.29 is 14.4 Å². The Morgan fingerprint density at radius 2 is 2.25 bits per heavy atom. The molecule has 0 radical (unpaired) electrons. The molecule has 1 aromatic rings. The highest BCUT2D eigenvalue weighted by Gasteiger charge is 2.10. The number of oxime groups is 1. The molecule has 4 N–H and O–H groups in total. The molecule has 1 amide bonds. The lowest BCUT2D eigenvalue weighted by Gasteiger charge is -2.10. The zero-order valence-corrected chi connectivity index (χ0v) is 11.7. The van der Waals surface area contributed by atoms with Crippen LogP contribution in [0.15, 0.2) is 23.4 Å². The zero-order valence-electron chi connectivity index (χ0n) is 11.7. The van der Waals surface area contributed by atoms with Gasteiger partial charge in [0.25, 0.3) is 0 Å². The quantitative estimate of drug-likeness (QED) is 0.322. The predicted molar refractivity (Wildman–Crippen MR) is 74.8 cm³/mol. The number of amidine groups is 1. The summed E-state index contributed by atoms with van der Waals surface area (Å²) in [5.41, 5.74) is 6.02. The summed E-state index contributed by atoms with van der Waals surface area (Å²) in [4.78, 5) is 11.6. The van der Waals surface area contributed by atoms with Gasteiger partial charge in [-0.1, -0.05) is 37.6 Å². The molecule has 1 aromatic carbocycles. The zero-order chi connectivity index (χ0) is 15.1. The van der Waals surface area contributed by atoms with E-state index in [1.165, 1.54) is 18.2 Å². The molecular formula is C14H20FN3O2. The Morgan fingerprint density at radius 1 is 1.55 bits per heavy atom. The first-order valence-electron chi connectivity index (χ1n) is 6.51. The third-order valence-electron chi connectivity index (χ3n) is 3.16. The van der Waals surface area contributed by atoms with E-state index in [4.69, 9.17) is 10.9 Å². The molecule has 1 rings (SSSR count). The average molecular weight is 281 g/mol. The van der Waals surface area contributed by atoms with Gasteiger partial charge in [0.2, 0.25) is 5.91 Å². The summed E-state index contributed by atoms with van der Waals surface area (Å²) >= 11 is 0. The van der Waals surface area contributed by atoms with E-state index in [0.717, 1.165) is 6.42 Å². The van der Waals surface area contributed by atoms with Gasteiger partial charge < -0.3 is 16.3 Å². The number of hydrogen-bond acceptors (Lipinski definition) is 3. The molecule has 0 bridgehead atoms. The minimum absolute atomic E-state index is 0.0979. The average Bonchev–Trinajstić information content (AvgIpc) is 2.44. The molecule has 0 aromatic heterocycles. The lowest BCUT2D eigenvalue weighted by atomic mass is 10.0. The molecule has 0 spiro atoms. The molecule has 6 heteroatoms. The fraction of sp³-hybridized carbons (Fsp3) is 0.429. The van der Waals surface area contributed by atoms with Crippen LogP contribution in [-0.4, -0.2) is 17.0 Å². The Bertz CT molecular complexity index is 503. The first kappa shape index (κ1) is 15.9. The summed E-state index contributed by atoms with van der Waals surface area (Å²) < 4.78 is 13.8. The van der Waals surface area contributed by atoms with E-state index in [9.17, 15) is 9.18 Å². The van der Waals surface area contributed by atoms with Crippen LogP contribution in [0.2, 0.25) is 0 Å². The number of benzene rings is 1. The molecule has 5 nitrogen and oxygen atoms in total. The number of hydrogen-bond donors (Lipinski definition) is 3. The van der Waals surface area contributed by atoms with Crippen molar-refractivity contribution >= 4 is 11.7 Å². The minimum atomic E-state index is -0.502. The Balaban J connectivity index is 2.63. The Labute approximate surface area is 117 Å². The van der Waals surface area contributed by atoms with E-state index >= 15 is 0 Å². The summed E-state index contributed by atoms with van der Waals surface area (Å²) in [6.45, 7) is 4.13. The van der Waals surface area contributed by atoms with Crippen LogP contribution in [0.1, 0.15) is 37.8 Å². The van der Waals surface area contributed by atoms with Gasteiger partial charge in [-0.3, -0.25) is 4.79 Å². The van der Waals surface area contributed by atoms with Gasteiger partial charge >= 0.3 is 0 Å². The van der Waals surface area contributed by atoms with E-state index in [0.29, 0.717) is 23.5 Å². The third kappa shape index (κ3) is 4.53. The van der Waals surface area contributed by atoms with Crippen molar-refractivity contribution in [1.29, 1.82) is 0 Å². The molecule has 0 heterocycles. The second-order valence-electron chi connectivity index (χ2n) is 4.79. The van der Waals surface area contributed by atoms with Crippen LogP contribution in [0.25, 0.3) is 0 Å². The van der Waals surface area contributed by atoms with Gasteiger partial charge in [0.1, 0.15) is 5.82 Å². The summed E-state index contributed by atoms with van der Waals surface area (Å²) in [5.74, 6) is -0.448. The number of nitrogens with two attached hydrogens (primary N) is 1. The van der Waals surface area contributed by atoms with Crippen LogP contribution in [0, 0.1) is 11.7 Å². The van der Waals surface area contributed by atoms with E-state index in [1.807, 2.05) is 13.8 Å². The second-order valence-corrected chi connectivity index (χ2v) is 4.79. The maximum absolute atomic E-state index is 13.8. The van der Waals surface area contributed by atoms with E-state index < -0.39 is 5.82 Å². The molecule has 0 fully saturated rings. The van der Waals surface area contributed by atoms with Crippen LogP contribution in [0.4, 0.5) is 4.39 Å². The van der Waals surface area contributed by atoms with Crippen LogP contribution < -0.4 is 11.1 Å². The van der Waals surface area contributed by atoms with Crippen molar-refractivity contribution in [2.45, 2.75) is 33.2 Å². The topological polar surface area (TPSA) is 87.7 Å². The first-order valence-corrected chi connectivity index (χ1v) is 6.51. The summed E-state index contributed by atoms with van der Waals surface area (Å²) in [7, 11) is 0. The number of rotatable bonds is 6. The highest BCUT2D eigenvalue weighted by molar-refractivity contribution is 5.97. The fourth-order valence-corrected chi connectivity index (χ4v) is 1.63. The maximum Gasteiger partial charge on any atom is 0.220 e. The van der Waals surface area contributed by atoms with Gasteiger partial charge in [-0.05, 0) is 12.0 Å². The molecule has 0 saturated heterocycles. The molecule has 1 atom stereocenters. The Morgan fingerprint density at radius 3 is 2.80 bits per heavy atom. The standard InChI is InChI=1S/C14H20FN3O2/c1-3-9(2)6-13(19)17-8-11-5-4-10(7-12(11)15)14(16)18-20/h4-5,7,9,20H,3,6,8H2,1-2H3,(H2,16,18)(H,17,19). The van der Waals surface area contributed by atoms with E-state index in [2.05, 4.69) is 10.5 Å². The number of carbonyl (C=O) groups excluding carboxylic acids is 1. The third-order valence-corrected chi connectivity index (χ3v) is 3.16. The van der Waals surface area contributed by atoms with Gasteiger partial charge in [0.15, 0.2) is 5.84 Å². The van der Waals surface area contributed by atoms with Crippen molar-refractivity contribution in [1.82, 2.24) is 5.32 Å². The molecular weight excluding hydrogens is 261 g/mol. The smallest absolute Gasteiger partial charge is 0.220 e. The molecule has 1 unspecified atom stereocenters. The van der Waals surface area contributed by atoms with Crippen LogP contribution in [0.5, 0.6) is 0 Å². The van der Waals surface area contributed by atoms with Crippen LogP contribution in [0.3, 0.4) is 0 Å². The van der Waals surface area contributed by atoms with E-state index in [-0.39, 0.29) is 18.3 Å². The first-order chi connectivity index (χ1) is 9.47. The van der Waals surface area contributed by atoms with Crippen molar-refractivity contribution in [2.75, 3.05) is 0 Å². The van der Waals surface area contributed by atoms with Crippen molar-refractivity contribution in [3.8, 4) is 0 Å². The normalized spacial score (nSPS) is 13.1. The van der Waals surface area contributed by atoms with Crippen molar-refractivity contribution in [2.24, 2.45) is 16.8 Å².